The number of furan rings is 1. The highest BCUT2D eigenvalue weighted by Crippen LogP contribution is 2.39. The number of hydrogen-bond acceptors (Lipinski definition) is 5. The van der Waals surface area contributed by atoms with Gasteiger partial charge in [0.1, 0.15) is 6.26 Å². The Morgan fingerprint density at radius 1 is 1.00 bits per heavy atom. The maximum absolute atomic E-state index is 13.1. The summed E-state index contributed by atoms with van der Waals surface area (Å²) in [5.74, 6) is -0.863. The lowest BCUT2D eigenvalue weighted by Crippen LogP contribution is -2.22. The Bertz CT molecular complexity index is 1610. The van der Waals surface area contributed by atoms with E-state index in [1.807, 2.05) is 41.2 Å². The molecule has 0 fully saturated rings. The molecule has 0 saturated carbocycles. The summed E-state index contributed by atoms with van der Waals surface area (Å²) < 4.78 is 10.6. The van der Waals surface area contributed by atoms with E-state index in [9.17, 15) is 9.59 Å². The molecule has 0 aliphatic carbocycles. The van der Waals surface area contributed by atoms with E-state index in [-0.39, 0.29) is 0 Å². The zero-order chi connectivity index (χ0) is 23.2. The van der Waals surface area contributed by atoms with Gasteiger partial charge in [0.15, 0.2) is 0 Å². The van der Waals surface area contributed by atoms with Crippen LogP contribution in [0.2, 0.25) is 0 Å². The zero-order valence-electron chi connectivity index (χ0n) is 17.9. The van der Waals surface area contributed by atoms with Gasteiger partial charge in [0.25, 0.3) is 11.8 Å². The molecule has 168 valence electrons. The number of aryl methyl sites for hydroxylation is 2. The molecule has 1 N–H and O–H groups in total. The molecule has 1 aliphatic heterocycles. The van der Waals surface area contributed by atoms with Crippen LogP contribution in [-0.2, 0) is 22.7 Å². The molecule has 5 heterocycles. The van der Waals surface area contributed by atoms with Crippen LogP contribution in [0.5, 0.6) is 0 Å². The van der Waals surface area contributed by atoms with Crippen molar-refractivity contribution in [1.29, 1.82) is 0 Å². The smallest absolute Gasteiger partial charge is 0.259 e. The Balaban J connectivity index is 1.50. The van der Waals surface area contributed by atoms with Crippen LogP contribution in [0.1, 0.15) is 17.5 Å². The Kier molecular flexibility index (Phi) is 4.91. The van der Waals surface area contributed by atoms with Crippen LogP contribution >= 0.6 is 15.9 Å². The highest BCUT2D eigenvalue weighted by atomic mass is 79.9. The van der Waals surface area contributed by atoms with Gasteiger partial charge in [-0.1, -0.05) is 15.9 Å². The number of nitrogens with zero attached hydrogens (tertiary/aromatic N) is 4. The standard InChI is InChI=1S/C25H18BrN5O3/c26-15-4-5-20-17(11-15)18(12-31(20)9-2-8-30-10-7-27-14-30)21-22(24(33)29-23(21)32)19-13-34-25-16(19)3-1-6-28-25/h1,3-7,10-14H,2,8-9H2,(H,29,32,33). The summed E-state index contributed by atoms with van der Waals surface area (Å²) in [6, 6.07) is 9.58. The molecule has 6 rings (SSSR count). The van der Waals surface area contributed by atoms with E-state index < -0.39 is 11.8 Å². The van der Waals surface area contributed by atoms with Crippen LogP contribution in [-0.4, -0.2) is 30.9 Å². The van der Waals surface area contributed by atoms with E-state index in [4.69, 9.17) is 4.42 Å². The van der Waals surface area contributed by atoms with Gasteiger partial charge < -0.3 is 13.6 Å². The lowest BCUT2D eigenvalue weighted by molar-refractivity contribution is -0.122. The largest absolute Gasteiger partial charge is 0.445 e. The maximum atomic E-state index is 13.1. The number of halogens is 1. The number of imide groups is 1. The molecule has 34 heavy (non-hydrogen) atoms. The molecule has 8 nitrogen and oxygen atoms in total. The summed E-state index contributed by atoms with van der Waals surface area (Å²) >= 11 is 3.55. The summed E-state index contributed by atoms with van der Waals surface area (Å²) in [6.07, 6.45) is 11.5. The van der Waals surface area contributed by atoms with Crippen molar-refractivity contribution in [3.05, 3.63) is 83.3 Å². The molecule has 0 atom stereocenters. The Morgan fingerprint density at radius 2 is 1.85 bits per heavy atom. The van der Waals surface area contributed by atoms with Gasteiger partial charge in [0.05, 0.1) is 17.5 Å². The van der Waals surface area contributed by atoms with Crippen LogP contribution in [0.3, 0.4) is 0 Å². The summed E-state index contributed by atoms with van der Waals surface area (Å²) in [4.78, 5) is 34.3. The SMILES string of the molecule is O=C1NC(=O)C(c2cn(CCCn3ccnc3)c3ccc(Br)cc23)=C1c1coc2ncccc12. The van der Waals surface area contributed by atoms with Crippen LogP contribution in [0.15, 0.2) is 76.6 Å². The highest BCUT2D eigenvalue weighted by molar-refractivity contribution is 9.10. The molecule has 4 aromatic heterocycles. The van der Waals surface area contributed by atoms with Crippen LogP contribution < -0.4 is 5.32 Å². The third-order valence-electron chi connectivity index (χ3n) is 6.04. The maximum Gasteiger partial charge on any atom is 0.259 e. The molecule has 1 aromatic carbocycles. The monoisotopic (exact) mass is 515 g/mol. The van der Waals surface area contributed by atoms with Crippen molar-refractivity contribution in [2.45, 2.75) is 19.5 Å². The number of pyridine rings is 1. The van der Waals surface area contributed by atoms with Gasteiger partial charge in [-0.25, -0.2) is 9.97 Å². The quantitative estimate of drug-likeness (QED) is 0.338. The second-order valence-corrected chi connectivity index (χ2v) is 9.01. The van der Waals surface area contributed by atoms with Crippen molar-refractivity contribution in [3.8, 4) is 0 Å². The molecule has 0 radical (unpaired) electrons. The van der Waals surface area contributed by atoms with Gasteiger partial charge in [-0.3, -0.25) is 14.9 Å². The summed E-state index contributed by atoms with van der Waals surface area (Å²) in [7, 11) is 0. The van der Waals surface area contributed by atoms with E-state index in [0.717, 1.165) is 34.9 Å². The first-order chi connectivity index (χ1) is 16.6. The summed E-state index contributed by atoms with van der Waals surface area (Å²) in [6.45, 7) is 1.57. The normalized spacial score (nSPS) is 14.0. The second-order valence-electron chi connectivity index (χ2n) is 8.09. The highest BCUT2D eigenvalue weighted by Gasteiger charge is 2.35. The van der Waals surface area contributed by atoms with E-state index in [0.29, 0.717) is 33.4 Å². The zero-order valence-corrected chi connectivity index (χ0v) is 19.4. The first kappa shape index (κ1) is 20.6. The number of carbonyl (C=O) groups is 2. The molecule has 2 amide bonds. The molecule has 0 saturated heterocycles. The Hall–Kier alpha value is -3.98. The number of rotatable bonds is 6. The number of nitrogens with one attached hydrogen (secondary N) is 1. The minimum absolute atomic E-state index is 0.300. The number of carbonyl (C=O) groups excluding carboxylic acids is 2. The predicted molar refractivity (Wildman–Crippen MR) is 130 cm³/mol. The van der Waals surface area contributed by atoms with E-state index in [1.54, 1.807) is 24.8 Å². The molecule has 0 unspecified atom stereocenters. The number of imidazole rings is 1. The lowest BCUT2D eigenvalue weighted by atomic mass is 9.96. The van der Waals surface area contributed by atoms with Crippen LogP contribution in [0.4, 0.5) is 0 Å². The Morgan fingerprint density at radius 3 is 2.68 bits per heavy atom. The fraction of sp³-hybridized carbons (Fsp3) is 0.120. The van der Waals surface area contributed by atoms with E-state index in [2.05, 4.69) is 35.8 Å². The molecule has 0 spiro atoms. The van der Waals surface area contributed by atoms with Crippen molar-refractivity contribution in [2.24, 2.45) is 0 Å². The number of hydrogen-bond donors (Lipinski definition) is 1. The van der Waals surface area contributed by atoms with Gasteiger partial charge in [-0.15, -0.1) is 0 Å². The fourth-order valence-corrected chi connectivity index (χ4v) is 4.89. The second kappa shape index (κ2) is 8.11. The third-order valence-corrected chi connectivity index (χ3v) is 6.53. The number of benzene rings is 1. The average molecular weight is 516 g/mol. The van der Waals surface area contributed by atoms with Crippen molar-refractivity contribution >= 4 is 60.9 Å². The summed E-state index contributed by atoms with van der Waals surface area (Å²) in [5, 5.41) is 4.05. The molecule has 0 bridgehead atoms. The van der Waals surface area contributed by atoms with Crippen molar-refractivity contribution in [3.63, 3.8) is 0 Å². The van der Waals surface area contributed by atoms with Crippen LogP contribution in [0.25, 0.3) is 33.1 Å². The number of aromatic nitrogens is 4. The summed E-state index contributed by atoms with van der Waals surface area (Å²) in [5.41, 5.74) is 3.30. The van der Waals surface area contributed by atoms with E-state index in [1.165, 1.54) is 6.26 Å². The topological polar surface area (TPSA) is 95.0 Å². The third kappa shape index (κ3) is 3.36. The first-order valence-corrected chi connectivity index (χ1v) is 11.6. The average Bonchev–Trinajstić information content (AvgIpc) is 3.60. The van der Waals surface area contributed by atoms with Crippen molar-refractivity contribution in [1.82, 2.24) is 24.4 Å². The minimum Gasteiger partial charge on any atom is -0.445 e. The minimum atomic E-state index is -0.442. The molecular weight excluding hydrogens is 498 g/mol. The first-order valence-electron chi connectivity index (χ1n) is 10.8. The van der Waals surface area contributed by atoms with Gasteiger partial charge in [0, 0.05) is 69.8 Å². The predicted octanol–water partition coefficient (Wildman–Crippen LogP) is 4.40. The van der Waals surface area contributed by atoms with Crippen molar-refractivity contribution < 1.29 is 14.0 Å². The van der Waals surface area contributed by atoms with E-state index >= 15 is 0 Å². The fourth-order valence-electron chi connectivity index (χ4n) is 4.53. The van der Waals surface area contributed by atoms with Crippen LogP contribution in [0, 0.1) is 0 Å². The number of fused-ring (bicyclic) bond motifs is 2. The molecule has 1 aliphatic rings. The molecule has 9 heteroatoms. The van der Waals surface area contributed by atoms with Gasteiger partial charge in [0.2, 0.25) is 5.71 Å². The lowest BCUT2D eigenvalue weighted by Gasteiger charge is -2.06. The van der Waals surface area contributed by atoms with Crippen molar-refractivity contribution in [2.75, 3.05) is 0 Å². The molecular formula is C25H18BrN5O3. The Labute approximate surface area is 202 Å². The molecule has 5 aromatic rings. The van der Waals surface area contributed by atoms with Gasteiger partial charge >= 0.3 is 0 Å². The van der Waals surface area contributed by atoms with Gasteiger partial charge in [-0.2, -0.15) is 0 Å². The van der Waals surface area contributed by atoms with Gasteiger partial charge in [-0.05, 0) is 36.8 Å². The number of amides is 2.